The highest BCUT2D eigenvalue weighted by molar-refractivity contribution is 6.06. The number of terminal acetylenes is 1. The number of rotatable bonds is 12. The number of carbonyl (C=O) groups excluding carboxylic acids is 3. The summed E-state index contributed by atoms with van der Waals surface area (Å²) < 4.78 is 54.6. The highest BCUT2D eigenvalue weighted by atomic mass is 19.1. The molecular formula is C58H66F3N11O5. The molecule has 3 N–H and O–H groups in total. The van der Waals surface area contributed by atoms with E-state index in [1.54, 1.807) is 18.3 Å². The molecule has 2 bridgehead atoms. The first-order chi connectivity index (χ1) is 37.2. The molecule has 3 aromatic carbocycles. The molecule has 6 fully saturated rings. The number of amides is 3. The molecule has 12 rings (SSSR count). The van der Waals surface area contributed by atoms with Crippen LogP contribution in [0.5, 0.6) is 11.8 Å². The van der Waals surface area contributed by atoms with Gasteiger partial charge in [0.2, 0.25) is 11.8 Å². The van der Waals surface area contributed by atoms with Crippen LogP contribution in [0.2, 0.25) is 0 Å². The number of phenols is 1. The lowest BCUT2D eigenvalue weighted by Gasteiger charge is -2.50. The van der Waals surface area contributed by atoms with Gasteiger partial charge >= 0.3 is 6.01 Å². The summed E-state index contributed by atoms with van der Waals surface area (Å²) in [6.07, 6.45) is 13.9. The number of piperazine rings is 2. The Kier molecular flexibility index (Phi) is 13.7. The number of phenolic OH excluding ortho intramolecular Hbond substituents is 1. The van der Waals surface area contributed by atoms with Crippen molar-refractivity contribution in [2.75, 3.05) is 94.9 Å². The summed E-state index contributed by atoms with van der Waals surface area (Å²) in [7, 11) is 0. The molecule has 3 atom stereocenters. The highest BCUT2D eigenvalue weighted by Gasteiger charge is 2.42. The number of carbonyl (C=O) groups is 3. The van der Waals surface area contributed by atoms with E-state index in [-0.39, 0.29) is 88.3 Å². The number of nitrogens with one attached hydrogen (secondary N) is 2. The third-order valence-electron chi connectivity index (χ3n) is 17.7. The number of piperidine rings is 3. The number of pyridine rings is 1. The molecule has 5 aromatic rings. The second-order valence-corrected chi connectivity index (χ2v) is 23.1. The molecule has 7 aliphatic rings. The molecule has 9 heterocycles. The number of imide groups is 1. The third kappa shape index (κ3) is 9.91. The van der Waals surface area contributed by atoms with E-state index in [2.05, 4.69) is 64.9 Å². The fraction of sp³-hybridized carbons (Fsp3) is 0.517. The second kappa shape index (κ2) is 20.7. The molecular weight excluding hydrogens is 988 g/mol. The Balaban J connectivity index is 0.636. The van der Waals surface area contributed by atoms with Gasteiger partial charge in [-0.1, -0.05) is 12.0 Å². The predicted molar refractivity (Wildman–Crippen MR) is 286 cm³/mol. The van der Waals surface area contributed by atoms with Crippen LogP contribution in [0, 0.1) is 41.6 Å². The first kappa shape index (κ1) is 51.2. The van der Waals surface area contributed by atoms with Crippen LogP contribution in [0.3, 0.4) is 0 Å². The molecule has 0 saturated carbocycles. The van der Waals surface area contributed by atoms with Crippen molar-refractivity contribution in [3.8, 4) is 35.4 Å². The molecule has 3 unspecified atom stereocenters. The summed E-state index contributed by atoms with van der Waals surface area (Å²) in [4.78, 5) is 65.0. The number of hydrogen-bond acceptors (Lipinski definition) is 14. The van der Waals surface area contributed by atoms with Crippen LogP contribution in [0.25, 0.3) is 32.9 Å². The Labute approximate surface area is 446 Å². The summed E-state index contributed by atoms with van der Waals surface area (Å²) in [5.74, 6) is 0.908. The van der Waals surface area contributed by atoms with Crippen molar-refractivity contribution in [3.05, 3.63) is 76.7 Å². The SMILES string of the molecule is C#Cc1c(F)ccc2cc(O)cc(-c3ncc4c(N5CC6CCC(C5)N6)nc(OCCN5CCC(CN6CCN(CC7CCN(c8ccc9c(c8F)CN(C8CCC(=O)NC8=O)C9=O)CC7)CC6(C)C)CC5)nc4c3F)c12. The van der Waals surface area contributed by atoms with E-state index in [1.165, 1.54) is 29.2 Å². The molecule has 3 amide bonds. The Bertz CT molecular complexity index is 3200. The average Bonchev–Trinajstić information content (AvgIpc) is 4.04. The molecule has 6 saturated heterocycles. The Morgan fingerprint density at radius 3 is 2.32 bits per heavy atom. The monoisotopic (exact) mass is 1050 g/mol. The molecule has 0 aliphatic carbocycles. The van der Waals surface area contributed by atoms with Gasteiger partial charge in [-0.2, -0.15) is 9.97 Å². The number of aromatic nitrogens is 3. The van der Waals surface area contributed by atoms with Crippen molar-refractivity contribution in [2.24, 2.45) is 11.8 Å². The molecule has 0 radical (unpaired) electrons. The Hall–Kier alpha value is -6.59. The van der Waals surface area contributed by atoms with Crippen LogP contribution in [-0.2, 0) is 16.1 Å². The van der Waals surface area contributed by atoms with E-state index in [1.807, 2.05) is 0 Å². The molecule has 16 nitrogen and oxygen atoms in total. The maximum absolute atomic E-state index is 17.1. The Morgan fingerprint density at radius 2 is 1.58 bits per heavy atom. The van der Waals surface area contributed by atoms with Gasteiger partial charge in [0.1, 0.15) is 41.2 Å². The zero-order valence-corrected chi connectivity index (χ0v) is 43.8. The van der Waals surface area contributed by atoms with Gasteiger partial charge in [-0.3, -0.25) is 39.4 Å². The summed E-state index contributed by atoms with van der Waals surface area (Å²) in [6.45, 7) is 15.5. The van der Waals surface area contributed by atoms with Gasteiger partial charge in [0.05, 0.1) is 23.2 Å². The topological polar surface area (TPSA) is 163 Å². The summed E-state index contributed by atoms with van der Waals surface area (Å²) >= 11 is 0. The predicted octanol–water partition coefficient (Wildman–Crippen LogP) is 6.05. The van der Waals surface area contributed by atoms with Gasteiger partial charge in [-0.05, 0) is 119 Å². The minimum absolute atomic E-state index is 0.00903. The number of benzene rings is 3. The van der Waals surface area contributed by atoms with Crippen molar-refractivity contribution in [2.45, 2.75) is 95.4 Å². The van der Waals surface area contributed by atoms with Crippen molar-refractivity contribution >= 4 is 50.9 Å². The van der Waals surface area contributed by atoms with Crippen LogP contribution >= 0.6 is 0 Å². The number of hydrogen-bond donors (Lipinski definition) is 3. The van der Waals surface area contributed by atoms with Crippen LogP contribution in [0.1, 0.15) is 86.7 Å². The molecule has 7 aliphatic heterocycles. The second-order valence-electron chi connectivity index (χ2n) is 23.1. The minimum atomic E-state index is -0.779. The van der Waals surface area contributed by atoms with Crippen molar-refractivity contribution in [1.82, 2.24) is 45.2 Å². The zero-order valence-electron chi connectivity index (χ0n) is 43.8. The normalized spacial score (nSPS) is 23.8. The van der Waals surface area contributed by atoms with Gasteiger partial charge in [0.25, 0.3) is 5.91 Å². The standard InChI is InChI=1S/C58H66F3N11O5/c1-4-40-45(59)9-5-36-25-39(73)26-42(49(36)40)52-51(61)53-43(27-62-52)54(70-30-37-6-7-38(31-70)63-37)66-57(65-53)77-24-23-67-17-13-35(14-18-67)29-71-22-21-68(33-58(71,2)3)28-34-15-19-69(20-16-34)46-10-8-41-44(50(46)60)32-72(56(41)76)47-11-12-48(74)64-55(47)75/h1,5,8-10,25-27,34-35,37-38,47,63,73H,6-7,11-24,28-33H2,2-3H3,(H,64,74,75). The summed E-state index contributed by atoms with van der Waals surface area (Å²) in [5.41, 5.74) is 1.16. The molecule has 2 aromatic heterocycles. The van der Waals surface area contributed by atoms with Crippen molar-refractivity contribution < 1.29 is 37.4 Å². The Morgan fingerprint density at radius 1 is 0.831 bits per heavy atom. The first-order valence-electron chi connectivity index (χ1n) is 27.5. The van der Waals surface area contributed by atoms with Crippen LogP contribution in [0.4, 0.5) is 24.7 Å². The number of nitrogens with zero attached hydrogens (tertiary/aromatic N) is 9. The van der Waals surface area contributed by atoms with Crippen molar-refractivity contribution in [3.63, 3.8) is 0 Å². The van der Waals surface area contributed by atoms with Gasteiger partial charge in [0, 0.05) is 118 Å². The quantitative estimate of drug-likeness (QED) is 0.0978. The number of fused-ring (bicyclic) bond motifs is 5. The minimum Gasteiger partial charge on any atom is -0.508 e. The van der Waals surface area contributed by atoms with E-state index in [9.17, 15) is 19.5 Å². The highest BCUT2D eigenvalue weighted by Crippen LogP contribution is 2.41. The number of likely N-dealkylation sites (tertiary alicyclic amines) is 1. The lowest BCUT2D eigenvalue weighted by atomic mass is 9.90. The smallest absolute Gasteiger partial charge is 0.319 e. The largest absolute Gasteiger partial charge is 0.508 e. The maximum Gasteiger partial charge on any atom is 0.319 e. The van der Waals surface area contributed by atoms with E-state index >= 15 is 13.2 Å². The summed E-state index contributed by atoms with van der Waals surface area (Å²) in [6, 6.07) is 8.81. The molecule has 19 heteroatoms. The van der Waals surface area contributed by atoms with Gasteiger partial charge in [-0.25, -0.2) is 13.2 Å². The van der Waals surface area contributed by atoms with E-state index in [4.69, 9.17) is 16.1 Å². The fourth-order valence-electron chi connectivity index (χ4n) is 13.6. The van der Waals surface area contributed by atoms with Crippen LogP contribution in [-0.4, -0.2) is 166 Å². The zero-order chi connectivity index (χ0) is 53.3. The number of halogens is 3. The van der Waals surface area contributed by atoms with E-state index < -0.39 is 29.4 Å². The molecule has 77 heavy (non-hydrogen) atoms. The summed E-state index contributed by atoms with van der Waals surface area (Å²) in [5, 5.41) is 17.8. The number of anilines is 2. The van der Waals surface area contributed by atoms with Crippen LogP contribution < -0.4 is 25.2 Å². The maximum atomic E-state index is 17.1. The first-order valence-corrected chi connectivity index (χ1v) is 27.5. The van der Waals surface area contributed by atoms with E-state index in [0.29, 0.717) is 71.5 Å². The van der Waals surface area contributed by atoms with Gasteiger partial charge in [0.15, 0.2) is 11.6 Å². The molecule has 0 spiro atoms. The fourth-order valence-corrected chi connectivity index (χ4v) is 13.6. The number of ether oxygens (including phenoxy) is 1. The van der Waals surface area contributed by atoms with Gasteiger partial charge in [-0.15, -0.1) is 6.42 Å². The lowest BCUT2D eigenvalue weighted by molar-refractivity contribution is -0.136. The lowest BCUT2D eigenvalue weighted by Crippen LogP contribution is -2.61. The van der Waals surface area contributed by atoms with Crippen LogP contribution in [0.15, 0.2) is 42.6 Å². The van der Waals surface area contributed by atoms with E-state index in [0.717, 1.165) is 97.4 Å². The number of aromatic hydroxyl groups is 1. The molecule has 404 valence electrons. The average molecular weight is 1050 g/mol. The van der Waals surface area contributed by atoms with Gasteiger partial charge < -0.3 is 29.9 Å². The third-order valence-corrected chi connectivity index (χ3v) is 17.7. The van der Waals surface area contributed by atoms with Crippen molar-refractivity contribution in [1.29, 1.82) is 0 Å².